The molecule has 0 saturated carbocycles. The number of aromatic nitrogens is 2. The summed E-state index contributed by atoms with van der Waals surface area (Å²) in [7, 11) is 0. The molecule has 7 nitrogen and oxygen atoms in total. The molecule has 0 radical (unpaired) electrons. The van der Waals surface area contributed by atoms with E-state index in [0.29, 0.717) is 25.3 Å². The molecule has 3 heterocycles. The Morgan fingerprint density at radius 1 is 1.03 bits per heavy atom. The van der Waals surface area contributed by atoms with Crippen molar-refractivity contribution in [1.29, 1.82) is 0 Å². The quantitative estimate of drug-likeness (QED) is 0.435. The first-order chi connectivity index (χ1) is 17.5. The van der Waals surface area contributed by atoms with E-state index < -0.39 is 17.2 Å². The molecule has 8 heteroatoms. The van der Waals surface area contributed by atoms with Gasteiger partial charge < -0.3 is 14.6 Å². The smallest absolute Gasteiger partial charge is 0.341 e. The molecule has 2 aromatic heterocycles. The van der Waals surface area contributed by atoms with Crippen LogP contribution in [-0.4, -0.2) is 51.7 Å². The van der Waals surface area contributed by atoms with Crippen molar-refractivity contribution < 1.29 is 14.3 Å². The van der Waals surface area contributed by atoms with E-state index in [2.05, 4.69) is 40.2 Å². The number of benzene rings is 2. The van der Waals surface area contributed by atoms with Crippen molar-refractivity contribution >= 4 is 33.6 Å². The van der Waals surface area contributed by atoms with E-state index >= 15 is 4.39 Å². The number of nitrogens with zero attached hydrogens (tertiary/aromatic N) is 4. The summed E-state index contributed by atoms with van der Waals surface area (Å²) >= 11 is 0. The number of hydrogen-bond acceptors (Lipinski definition) is 5. The highest BCUT2D eigenvalue weighted by molar-refractivity contribution is 5.92. The van der Waals surface area contributed by atoms with Crippen LogP contribution in [0.4, 0.5) is 10.2 Å². The lowest BCUT2D eigenvalue weighted by Crippen LogP contribution is -2.46. The number of halogens is 1. The maximum absolute atomic E-state index is 15.1. The van der Waals surface area contributed by atoms with E-state index in [0.717, 1.165) is 25.7 Å². The van der Waals surface area contributed by atoms with Crippen LogP contribution in [-0.2, 0) is 13.1 Å². The number of fused-ring (bicyclic) bond motifs is 2. The highest BCUT2D eigenvalue weighted by Gasteiger charge is 2.24. The summed E-state index contributed by atoms with van der Waals surface area (Å²) < 4.78 is 16.6. The van der Waals surface area contributed by atoms with Gasteiger partial charge in [0.05, 0.1) is 5.39 Å². The lowest BCUT2D eigenvalue weighted by molar-refractivity contribution is 0.0695. The van der Waals surface area contributed by atoms with Crippen molar-refractivity contribution in [3.05, 3.63) is 81.9 Å². The minimum Gasteiger partial charge on any atom is -0.477 e. The lowest BCUT2D eigenvalue weighted by Gasteiger charge is -2.35. The first kappa shape index (κ1) is 25.3. The van der Waals surface area contributed by atoms with Crippen molar-refractivity contribution in [3.63, 3.8) is 0 Å². The van der Waals surface area contributed by atoms with Crippen molar-refractivity contribution in [2.45, 2.75) is 33.9 Å². The van der Waals surface area contributed by atoms with Crippen molar-refractivity contribution in [3.8, 4) is 0 Å². The SMILES string of the molecule is CC.CCn1cc(C(=O)O)c(=O)c2cc(F)c(N3CCN(Cc4cccc5ccccc45)CC3)nc21. The summed E-state index contributed by atoms with van der Waals surface area (Å²) in [6.45, 7) is 9.76. The summed E-state index contributed by atoms with van der Waals surface area (Å²) in [5.74, 6) is -1.75. The second-order valence-corrected chi connectivity index (χ2v) is 8.53. The Morgan fingerprint density at radius 2 is 1.72 bits per heavy atom. The number of carboxylic acids is 1. The standard InChI is InChI=1S/C26H25FN4O3.C2H6/c1-2-30-16-21(26(33)34)23(32)20-14-22(27)25(28-24(20)30)31-12-10-29(11-13-31)15-18-8-5-7-17-6-3-4-9-19(17)18;1-2/h3-9,14,16H,2,10-13,15H2,1H3,(H,33,34);1-2H3. The minimum atomic E-state index is -1.33. The molecule has 1 aliphatic rings. The van der Waals surface area contributed by atoms with Gasteiger partial charge in [-0.05, 0) is 29.3 Å². The molecule has 0 unspecified atom stereocenters. The van der Waals surface area contributed by atoms with Crippen LogP contribution in [0.25, 0.3) is 21.8 Å². The molecule has 0 bridgehead atoms. The van der Waals surface area contributed by atoms with Gasteiger partial charge in [-0.15, -0.1) is 0 Å². The van der Waals surface area contributed by atoms with Gasteiger partial charge in [-0.1, -0.05) is 56.3 Å². The third-order valence-electron chi connectivity index (χ3n) is 6.50. The van der Waals surface area contributed by atoms with Gasteiger partial charge in [0.15, 0.2) is 11.6 Å². The van der Waals surface area contributed by atoms with Crippen molar-refractivity contribution in [1.82, 2.24) is 14.5 Å². The number of anilines is 1. The number of aromatic carboxylic acids is 1. The van der Waals surface area contributed by atoms with Gasteiger partial charge in [-0.2, -0.15) is 0 Å². The molecule has 2 aromatic carbocycles. The molecule has 0 amide bonds. The van der Waals surface area contributed by atoms with Crippen LogP contribution >= 0.6 is 0 Å². The Morgan fingerprint density at radius 3 is 2.42 bits per heavy atom. The zero-order valence-electron chi connectivity index (χ0n) is 20.9. The van der Waals surface area contributed by atoms with E-state index in [4.69, 9.17) is 0 Å². The number of pyridine rings is 2. The third kappa shape index (κ3) is 4.81. The predicted octanol–water partition coefficient (Wildman–Crippen LogP) is 4.76. The largest absolute Gasteiger partial charge is 0.477 e. The van der Waals surface area contributed by atoms with Crippen molar-refractivity contribution in [2.75, 3.05) is 31.1 Å². The fraction of sp³-hybridized carbons (Fsp3) is 0.321. The summed E-state index contributed by atoms with van der Waals surface area (Å²) in [5.41, 5.74) is 0.463. The van der Waals surface area contributed by atoms with Gasteiger partial charge in [0.2, 0.25) is 5.43 Å². The predicted molar refractivity (Wildman–Crippen MR) is 141 cm³/mol. The molecule has 1 saturated heterocycles. The first-order valence-corrected chi connectivity index (χ1v) is 12.4. The number of carbonyl (C=O) groups is 1. The van der Waals surface area contributed by atoms with E-state index in [-0.39, 0.29) is 16.8 Å². The Kier molecular flexibility index (Phi) is 7.64. The van der Waals surface area contributed by atoms with E-state index in [1.165, 1.54) is 22.5 Å². The van der Waals surface area contributed by atoms with E-state index in [1.807, 2.05) is 37.8 Å². The van der Waals surface area contributed by atoms with Crippen LogP contribution in [0, 0.1) is 5.82 Å². The van der Waals surface area contributed by atoms with Gasteiger partial charge in [-0.3, -0.25) is 9.69 Å². The average molecular weight is 491 g/mol. The lowest BCUT2D eigenvalue weighted by atomic mass is 10.0. The summed E-state index contributed by atoms with van der Waals surface area (Å²) in [6.07, 6.45) is 1.28. The van der Waals surface area contributed by atoms with Crippen molar-refractivity contribution in [2.24, 2.45) is 0 Å². The average Bonchev–Trinajstić information content (AvgIpc) is 2.91. The monoisotopic (exact) mass is 490 g/mol. The molecule has 5 rings (SSSR count). The molecule has 1 aliphatic heterocycles. The molecule has 1 fully saturated rings. The van der Waals surface area contributed by atoms with Gasteiger partial charge in [0.1, 0.15) is 11.2 Å². The molecule has 0 aliphatic carbocycles. The Labute approximate surface area is 209 Å². The summed E-state index contributed by atoms with van der Waals surface area (Å²) in [4.78, 5) is 32.7. The first-order valence-electron chi connectivity index (χ1n) is 12.4. The highest BCUT2D eigenvalue weighted by atomic mass is 19.1. The molecule has 1 N–H and O–H groups in total. The highest BCUT2D eigenvalue weighted by Crippen LogP contribution is 2.24. The molecule has 0 atom stereocenters. The molecular formula is C28H31FN4O3. The zero-order chi connectivity index (χ0) is 25.8. The second kappa shape index (κ2) is 10.9. The zero-order valence-corrected chi connectivity index (χ0v) is 20.9. The molecule has 188 valence electrons. The van der Waals surface area contributed by atoms with Gasteiger partial charge in [0, 0.05) is 45.5 Å². The number of aryl methyl sites for hydroxylation is 1. The molecular weight excluding hydrogens is 459 g/mol. The number of rotatable bonds is 5. The Bertz CT molecular complexity index is 1450. The maximum Gasteiger partial charge on any atom is 0.341 e. The van der Waals surface area contributed by atoms with Crippen LogP contribution in [0.5, 0.6) is 0 Å². The Hall–Kier alpha value is -3.78. The topological polar surface area (TPSA) is 78.7 Å². The molecule has 0 spiro atoms. The number of piperazine rings is 1. The van der Waals surface area contributed by atoms with E-state index in [1.54, 1.807) is 4.57 Å². The number of carboxylic acid groups (broad SMARTS) is 1. The summed E-state index contributed by atoms with van der Waals surface area (Å²) in [5, 5.41) is 11.8. The van der Waals surface area contributed by atoms with Crippen LogP contribution in [0.3, 0.4) is 0 Å². The minimum absolute atomic E-state index is 0.0161. The van der Waals surface area contributed by atoms with Crippen LogP contribution in [0.2, 0.25) is 0 Å². The Balaban J connectivity index is 0.00000148. The fourth-order valence-electron chi connectivity index (χ4n) is 4.68. The fourth-order valence-corrected chi connectivity index (χ4v) is 4.68. The van der Waals surface area contributed by atoms with E-state index in [9.17, 15) is 14.7 Å². The second-order valence-electron chi connectivity index (χ2n) is 8.53. The van der Waals surface area contributed by atoms with Gasteiger partial charge >= 0.3 is 5.97 Å². The number of hydrogen-bond donors (Lipinski definition) is 1. The third-order valence-corrected chi connectivity index (χ3v) is 6.50. The molecule has 36 heavy (non-hydrogen) atoms. The van der Waals surface area contributed by atoms with Gasteiger partial charge in [-0.25, -0.2) is 14.2 Å². The van der Waals surface area contributed by atoms with Crippen LogP contribution in [0.15, 0.2) is 59.5 Å². The van der Waals surface area contributed by atoms with Gasteiger partial charge in [0.25, 0.3) is 0 Å². The maximum atomic E-state index is 15.1. The molecule has 4 aromatic rings. The normalized spacial score (nSPS) is 14.1. The van der Waals surface area contributed by atoms with Crippen LogP contribution in [0.1, 0.15) is 36.7 Å². The van der Waals surface area contributed by atoms with Crippen LogP contribution < -0.4 is 10.3 Å². The summed E-state index contributed by atoms with van der Waals surface area (Å²) in [6, 6.07) is 15.8.